The molecular formula is C27H38F2O3. The number of carbonyl (C=O) groups is 1. The molecule has 32 heavy (non-hydrogen) atoms. The van der Waals surface area contributed by atoms with Gasteiger partial charge in [0.05, 0.1) is 5.92 Å². The lowest BCUT2D eigenvalue weighted by atomic mass is 9.60. The maximum absolute atomic E-state index is 12.6. The van der Waals surface area contributed by atoms with Gasteiger partial charge in [0.2, 0.25) is 0 Å². The number of alkyl halides is 2. The van der Waals surface area contributed by atoms with Gasteiger partial charge in [-0.25, -0.2) is 0 Å². The summed E-state index contributed by atoms with van der Waals surface area (Å²) in [5, 5.41) is 0. The van der Waals surface area contributed by atoms with Crippen LogP contribution < -0.4 is 9.47 Å². The van der Waals surface area contributed by atoms with Crippen molar-refractivity contribution in [3.05, 3.63) is 24.3 Å². The minimum atomic E-state index is -2.86. The van der Waals surface area contributed by atoms with Gasteiger partial charge in [0, 0.05) is 0 Å². The molecule has 0 aliphatic heterocycles. The van der Waals surface area contributed by atoms with Crippen LogP contribution in [0.2, 0.25) is 0 Å². The Balaban J connectivity index is 1.21. The van der Waals surface area contributed by atoms with Gasteiger partial charge >= 0.3 is 12.6 Å². The van der Waals surface area contributed by atoms with E-state index in [-0.39, 0.29) is 17.6 Å². The summed E-state index contributed by atoms with van der Waals surface area (Å²) in [5.41, 5.74) is 0. The van der Waals surface area contributed by atoms with Gasteiger partial charge < -0.3 is 9.47 Å². The van der Waals surface area contributed by atoms with E-state index in [1.54, 1.807) is 0 Å². The number of hydrogen-bond donors (Lipinski definition) is 0. The molecule has 3 aliphatic rings. The molecule has 1 aromatic carbocycles. The zero-order chi connectivity index (χ0) is 22.5. The first-order valence-electron chi connectivity index (χ1n) is 12.8. The zero-order valence-electron chi connectivity index (χ0n) is 19.3. The van der Waals surface area contributed by atoms with Crippen LogP contribution in [0.1, 0.15) is 84.0 Å². The lowest BCUT2D eigenvalue weighted by molar-refractivity contribution is -0.140. The van der Waals surface area contributed by atoms with Crippen molar-refractivity contribution in [3.63, 3.8) is 0 Å². The Bertz CT molecular complexity index is 727. The highest BCUT2D eigenvalue weighted by atomic mass is 19.3. The van der Waals surface area contributed by atoms with E-state index in [2.05, 4.69) is 11.7 Å². The third-order valence-electron chi connectivity index (χ3n) is 8.50. The number of ether oxygens (including phenoxy) is 2. The molecule has 3 saturated carbocycles. The number of halogens is 2. The van der Waals surface area contributed by atoms with Crippen LogP contribution in [0.4, 0.5) is 8.78 Å². The van der Waals surface area contributed by atoms with E-state index in [9.17, 15) is 13.6 Å². The first-order valence-corrected chi connectivity index (χ1v) is 12.8. The second-order valence-electron chi connectivity index (χ2n) is 10.4. The second-order valence-corrected chi connectivity index (χ2v) is 10.4. The van der Waals surface area contributed by atoms with Gasteiger partial charge in [-0.05, 0) is 112 Å². The topological polar surface area (TPSA) is 35.5 Å². The summed E-state index contributed by atoms with van der Waals surface area (Å²) in [4.78, 5) is 12.6. The molecule has 3 fully saturated rings. The molecule has 0 aromatic heterocycles. The summed E-state index contributed by atoms with van der Waals surface area (Å²) in [6.07, 6.45) is 15.4. The molecule has 178 valence electrons. The second kappa shape index (κ2) is 11.0. The smallest absolute Gasteiger partial charge is 0.387 e. The molecule has 3 aliphatic carbocycles. The zero-order valence-corrected chi connectivity index (χ0v) is 19.3. The third-order valence-corrected chi connectivity index (χ3v) is 8.50. The predicted octanol–water partition coefficient (Wildman–Crippen LogP) is 7.63. The number of fused-ring (bicyclic) bond motifs is 1. The Morgan fingerprint density at radius 2 is 1.41 bits per heavy atom. The molecule has 3 nitrogen and oxygen atoms in total. The largest absolute Gasteiger partial charge is 0.435 e. The van der Waals surface area contributed by atoms with E-state index in [4.69, 9.17) is 4.74 Å². The fourth-order valence-electron chi connectivity index (χ4n) is 6.84. The SMILES string of the molecule is CCCC1CCC2CC(C3CCC(C(=O)Oc4ccc(OC(F)F)cc4)CC3)CCC2C1. The Labute approximate surface area is 191 Å². The molecule has 1 aromatic rings. The molecule has 0 radical (unpaired) electrons. The summed E-state index contributed by atoms with van der Waals surface area (Å²) in [5.74, 6) is 4.71. The fourth-order valence-corrected chi connectivity index (χ4v) is 6.84. The molecule has 4 unspecified atom stereocenters. The molecular weight excluding hydrogens is 410 g/mol. The molecule has 0 saturated heterocycles. The predicted molar refractivity (Wildman–Crippen MR) is 121 cm³/mol. The van der Waals surface area contributed by atoms with Crippen LogP contribution in [0.15, 0.2) is 24.3 Å². The van der Waals surface area contributed by atoms with Gasteiger partial charge in [0.15, 0.2) is 0 Å². The Morgan fingerprint density at radius 1 is 0.844 bits per heavy atom. The van der Waals surface area contributed by atoms with Gasteiger partial charge in [-0.2, -0.15) is 8.78 Å². The van der Waals surface area contributed by atoms with Crippen molar-refractivity contribution < 1.29 is 23.0 Å². The van der Waals surface area contributed by atoms with Crippen molar-refractivity contribution >= 4 is 5.97 Å². The van der Waals surface area contributed by atoms with Crippen LogP contribution in [0.3, 0.4) is 0 Å². The summed E-state index contributed by atoms with van der Waals surface area (Å²) < 4.78 is 34.4. The van der Waals surface area contributed by atoms with Gasteiger partial charge in [0.25, 0.3) is 0 Å². The molecule has 5 heteroatoms. The molecule has 0 heterocycles. The van der Waals surface area contributed by atoms with Crippen molar-refractivity contribution in [3.8, 4) is 11.5 Å². The summed E-state index contributed by atoms with van der Waals surface area (Å²) in [7, 11) is 0. The van der Waals surface area contributed by atoms with Crippen LogP contribution in [0, 0.1) is 35.5 Å². The van der Waals surface area contributed by atoms with Gasteiger partial charge in [-0.3, -0.25) is 4.79 Å². The molecule has 4 rings (SSSR count). The van der Waals surface area contributed by atoms with Crippen molar-refractivity contribution in [2.45, 2.75) is 90.6 Å². The maximum atomic E-state index is 12.6. The normalized spacial score (nSPS) is 32.9. The molecule has 0 bridgehead atoms. The van der Waals surface area contributed by atoms with Gasteiger partial charge in [0.1, 0.15) is 11.5 Å². The lowest BCUT2D eigenvalue weighted by Crippen LogP contribution is -2.35. The highest BCUT2D eigenvalue weighted by Crippen LogP contribution is 2.49. The van der Waals surface area contributed by atoms with Crippen molar-refractivity contribution in [1.82, 2.24) is 0 Å². The Hall–Kier alpha value is -1.65. The van der Waals surface area contributed by atoms with Crippen LogP contribution >= 0.6 is 0 Å². The highest BCUT2D eigenvalue weighted by molar-refractivity contribution is 5.75. The Morgan fingerprint density at radius 3 is 2.06 bits per heavy atom. The fraction of sp³-hybridized carbons (Fsp3) is 0.741. The number of benzene rings is 1. The number of carbonyl (C=O) groups excluding carboxylic acids is 1. The van der Waals surface area contributed by atoms with E-state index in [0.717, 1.165) is 55.3 Å². The van der Waals surface area contributed by atoms with Crippen molar-refractivity contribution in [2.75, 3.05) is 0 Å². The molecule has 0 amide bonds. The first kappa shape index (κ1) is 23.5. The average Bonchev–Trinajstić information content (AvgIpc) is 2.80. The maximum Gasteiger partial charge on any atom is 0.387 e. The van der Waals surface area contributed by atoms with Crippen molar-refractivity contribution in [1.29, 1.82) is 0 Å². The minimum Gasteiger partial charge on any atom is -0.435 e. The van der Waals surface area contributed by atoms with Crippen LogP contribution in [0.25, 0.3) is 0 Å². The molecule has 0 spiro atoms. The number of esters is 1. The number of hydrogen-bond acceptors (Lipinski definition) is 3. The van der Waals surface area contributed by atoms with E-state index in [1.165, 1.54) is 75.6 Å². The average molecular weight is 449 g/mol. The Kier molecular flexibility index (Phi) is 8.07. The van der Waals surface area contributed by atoms with E-state index < -0.39 is 6.61 Å². The standard InChI is InChI=1S/C27H38F2O3/c1-2-3-18-4-5-23-17-22(11-10-21(23)16-18)19-6-8-20(9-7-19)26(30)31-24-12-14-25(15-13-24)32-27(28)29/h12-15,18-23,27H,2-11,16-17H2,1H3. The highest BCUT2D eigenvalue weighted by Gasteiger charge is 2.39. The van der Waals surface area contributed by atoms with E-state index >= 15 is 0 Å². The minimum absolute atomic E-state index is 0.0518. The number of rotatable bonds is 7. The van der Waals surface area contributed by atoms with Crippen LogP contribution in [-0.2, 0) is 4.79 Å². The summed E-state index contributed by atoms with van der Waals surface area (Å²) >= 11 is 0. The van der Waals surface area contributed by atoms with Crippen molar-refractivity contribution in [2.24, 2.45) is 35.5 Å². The molecule has 4 atom stereocenters. The lowest BCUT2D eigenvalue weighted by Gasteiger charge is -2.45. The third kappa shape index (κ3) is 6.02. The van der Waals surface area contributed by atoms with Crippen LogP contribution in [-0.4, -0.2) is 12.6 Å². The first-order chi connectivity index (χ1) is 15.5. The summed E-state index contributed by atoms with van der Waals surface area (Å²) in [6.45, 7) is -0.541. The van der Waals surface area contributed by atoms with Crippen LogP contribution in [0.5, 0.6) is 11.5 Å². The monoisotopic (exact) mass is 448 g/mol. The van der Waals surface area contributed by atoms with E-state index in [1.807, 2.05) is 0 Å². The molecule has 0 N–H and O–H groups in total. The van der Waals surface area contributed by atoms with Gasteiger partial charge in [-0.15, -0.1) is 0 Å². The summed E-state index contributed by atoms with van der Waals surface area (Å²) in [6, 6.07) is 5.82. The quantitative estimate of drug-likeness (QED) is 0.318. The van der Waals surface area contributed by atoms with Gasteiger partial charge in [-0.1, -0.05) is 26.2 Å². The van der Waals surface area contributed by atoms with E-state index in [0.29, 0.717) is 5.75 Å².